The van der Waals surface area contributed by atoms with Gasteiger partial charge in [0.2, 0.25) is 11.8 Å². The SMILES string of the molecule is O=C(N/N=C/C12c3ccccc3C(c3ccccc31)C1C(=O)N(c3ccccc3Cl)C(=O)C12)c1cc(Br)ccc1O. The quantitative estimate of drug-likeness (QED) is 0.171. The van der Waals surface area contributed by atoms with Crippen molar-refractivity contribution in [3.05, 3.63) is 128 Å². The van der Waals surface area contributed by atoms with E-state index >= 15 is 0 Å². The van der Waals surface area contributed by atoms with Crippen LogP contribution in [0.5, 0.6) is 5.75 Å². The van der Waals surface area contributed by atoms with E-state index in [1.807, 2.05) is 48.5 Å². The summed E-state index contributed by atoms with van der Waals surface area (Å²) in [5.41, 5.74) is 5.36. The van der Waals surface area contributed by atoms with Crippen molar-refractivity contribution in [3.8, 4) is 5.75 Å². The van der Waals surface area contributed by atoms with Gasteiger partial charge in [0.25, 0.3) is 5.91 Å². The zero-order valence-electron chi connectivity index (χ0n) is 21.3. The van der Waals surface area contributed by atoms with Gasteiger partial charge in [-0.3, -0.25) is 14.4 Å². The van der Waals surface area contributed by atoms with Crippen molar-refractivity contribution < 1.29 is 19.5 Å². The number of nitrogens with zero attached hydrogens (tertiary/aromatic N) is 2. The minimum Gasteiger partial charge on any atom is -0.507 e. The van der Waals surface area contributed by atoms with Crippen LogP contribution < -0.4 is 10.3 Å². The molecule has 1 fully saturated rings. The third kappa shape index (κ3) is 3.57. The van der Waals surface area contributed by atoms with E-state index in [0.29, 0.717) is 15.2 Å². The minimum atomic E-state index is -1.15. The van der Waals surface area contributed by atoms with Crippen LogP contribution >= 0.6 is 27.5 Å². The van der Waals surface area contributed by atoms with E-state index in [2.05, 4.69) is 26.5 Å². The number of nitrogens with one attached hydrogen (secondary N) is 1. The molecular formula is C32H21BrClN3O4. The van der Waals surface area contributed by atoms with Crippen molar-refractivity contribution in [2.45, 2.75) is 11.3 Å². The van der Waals surface area contributed by atoms with Gasteiger partial charge in [-0.15, -0.1) is 0 Å². The van der Waals surface area contributed by atoms with Crippen molar-refractivity contribution >= 4 is 57.2 Å². The highest BCUT2D eigenvalue weighted by atomic mass is 79.9. The molecular weight excluding hydrogens is 606 g/mol. The molecule has 0 saturated carbocycles. The average molecular weight is 627 g/mol. The normalized spacial score (nSPS) is 23.9. The number of rotatable bonds is 4. The molecule has 4 aliphatic rings. The molecule has 1 aliphatic heterocycles. The second kappa shape index (κ2) is 9.39. The minimum absolute atomic E-state index is 0.0390. The van der Waals surface area contributed by atoms with Crippen LogP contribution in [0.25, 0.3) is 0 Å². The highest BCUT2D eigenvalue weighted by Crippen LogP contribution is 2.63. The predicted octanol–water partition coefficient (Wildman–Crippen LogP) is 5.77. The molecule has 7 nitrogen and oxygen atoms in total. The summed E-state index contributed by atoms with van der Waals surface area (Å²) in [7, 11) is 0. The van der Waals surface area contributed by atoms with Gasteiger partial charge in [0.05, 0.1) is 33.5 Å². The van der Waals surface area contributed by atoms with Gasteiger partial charge < -0.3 is 5.11 Å². The third-order valence-electron chi connectivity index (χ3n) is 8.41. The van der Waals surface area contributed by atoms with E-state index in [9.17, 15) is 19.5 Å². The second-order valence-electron chi connectivity index (χ2n) is 10.3. The first-order valence-corrected chi connectivity index (χ1v) is 14.2. The van der Waals surface area contributed by atoms with Gasteiger partial charge in [-0.05, 0) is 52.6 Å². The number of imide groups is 1. The third-order valence-corrected chi connectivity index (χ3v) is 9.23. The van der Waals surface area contributed by atoms with E-state index in [-0.39, 0.29) is 29.0 Å². The maximum Gasteiger partial charge on any atom is 0.275 e. The summed E-state index contributed by atoms with van der Waals surface area (Å²) >= 11 is 9.81. The number of amides is 3. The molecule has 8 rings (SSSR count). The fourth-order valence-corrected chi connectivity index (χ4v) is 7.44. The lowest BCUT2D eigenvalue weighted by molar-refractivity contribution is -0.122. The van der Waals surface area contributed by atoms with Crippen molar-refractivity contribution in [2.24, 2.45) is 16.9 Å². The van der Waals surface area contributed by atoms with Gasteiger partial charge in [-0.1, -0.05) is 88.2 Å². The first kappa shape index (κ1) is 25.7. The summed E-state index contributed by atoms with van der Waals surface area (Å²) in [6.07, 6.45) is 1.58. The van der Waals surface area contributed by atoms with Crippen molar-refractivity contribution in [1.82, 2.24) is 5.43 Å². The number of hydrogen-bond acceptors (Lipinski definition) is 5. The summed E-state index contributed by atoms with van der Waals surface area (Å²) < 4.78 is 0.619. The number of hydrazone groups is 1. The molecule has 0 spiro atoms. The van der Waals surface area contributed by atoms with Gasteiger partial charge in [-0.25, -0.2) is 10.3 Å². The zero-order valence-corrected chi connectivity index (χ0v) is 23.6. The molecule has 202 valence electrons. The fraction of sp³-hybridized carbons (Fsp3) is 0.125. The molecule has 4 aromatic rings. The summed E-state index contributed by atoms with van der Waals surface area (Å²) in [5, 5.41) is 14.9. The maximum atomic E-state index is 14.4. The Morgan fingerprint density at radius 2 is 1.56 bits per heavy atom. The van der Waals surface area contributed by atoms with E-state index in [1.54, 1.807) is 36.5 Å². The topological polar surface area (TPSA) is 99.1 Å². The smallest absolute Gasteiger partial charge is 0.275 e. The number of aromatic hydroxyl groups is 1. The number of halogens is 2. The molecule has 41 heavy (non-hydrogen) atoms. The monoisotopic (exact) mass is 625 g/mol. The number of carbonyl (C=O) groups is 3. The highest BCUT2D eigenvalue weighted by molar-refractivity contribution is 9.10. The Kier molecular flexibility index (Phi) is 5.88. The van der Waals surface area contributed by atoms with Crippen molar-refractivity contribution in [2.75, 3.05) is 4.90 Å². The number of benzene rings is 4. The Morgan fingerprint density at radius 1 is 0.927 bits per heavy atom. The molecule has 1 heterocycles. The van der Waals surface area contributed by atoms with Crippen LogP contribution in [-0.2, 0) is 15.0 Å². The molecule has 2 unspecified atom stereocenters. The lowest BCUT2D eigenvalue weighted by Gasteiger charge is -2.52. The first-order chi connectivity index (χ1) is 19.8. The number of carbonyl (C=O) groups excluding carboxylic acids is 3. The number of anilines is 1. The Bertz CT molecular complexity index is 1770. The zero-order chi connectivity index (χ0) is 28.5. The summed E-state index contributed by atoms with van der Waals surface area (Å²) in [5.74, 6) is -3.35. The molecule has 9 heteroatoms. The van der Waals surface area contributed by atoms with E-state index in [4.69, 9.17) is 11.6 Å². The number of phenols is 1. The predicted molar refractivity (Wildman–Crippen MR) is 158 cm³/mol. The number of phenolic OH excluding ortho intramolecular Hbond substituents is 1. The van der Waals surface area contributed by atoms with Gasteiger partial charge in [0, 0.05) is 16.6 Å². The van der Waals surface area contributed by atoms with Crippen LogP contribution in [0.1, 0.15) is 38.5 Å². The Hall–Kier alpha value is -4.27. The van der Waals surface area contributed by atoms with Crippen LogP contribution in [0.4, 0.5) is 5.69 Å². The maximum absolute atomic E-state index is 14.4. The molecule has 0 aromatic heterocycles. The van der Waals surface area contributed by atoms with Crippen LogP contribution in [0.3, 0.4) is 0 Å². The number of para-hydroxylation sites is 1. The molecule has 2 N–H and O–H groups in total. The average Bonchev–Trinajstić information content (AvgIpc) is 3.25. The van der Waals surface area contributed by atoms with Gasteiger partial charge in [-0.2, -0.15) is 5.10 Å². The summed E-state index contributed by atoms with van der Waals surface area (Å²) in [6, 6.07) is 26.9. The second-order valence-corrected chi connectivity index (χ2v) is 11.7. The molecule has 3 amide bonds. The lowest BCUT2D eigenvalue weighted by Crippen LogP contribution is -2.54. The van der Waals surface area contributed by atoms with Crippen molar-refractivity contribution in [3.63, 3.8) is 0 Å². The van der Waals surface area contributed by atoms with Crippen LogP contribution in [0, 0.1) is 11.8 Å². The molecule has 0 radical (unpaired) electrons. The first-order valence-electron chi connectivity index (χ1n) is 13.0. The molecule has 4 aromatic carbocycles. The van der Waals surface area contributed by atoms with Crippen molar-refractivity contribution in [1.29, 1.82) is 0 Å². The molecule has 3 aliphatic carbocycles. The Balaban J connectivity index is 1.41. The van der Waals surface area contributed by atoms with E-state index in [0.717, 1.165) is 22.3 Å². The van der Waals surface area contributed by atoms with Crippen LogP contribution in [0.2, 0.25) is 5.02 Å². The highest BCUT2D eigenvalue weighted by Gasteiger charge is 2.68. The Morgan fingerprint density at radius 3 is 2.24 bits per heavy atom. The van der Waals surface area contributed by atoms with Gasteiger partial charge in [0.15, 0.2) is 0 Å². The standard InChI is InChI=1S/C32H21BrClN3O4/c33-17-13-14-25(38)20(15-17)29(39)36-35-16-32-21-9-3-1-7-18(21)26(19-8-2-4-10-22(19)32)27-28(32)31(41)37(30(27)40)24-12-6-5-11-23(24)34/h1-16,26-28,38H,(H,36,39)/b35-16+. The molecule has 2 atom stereocenters. The largest absolute Gasteiger partial charge is 0.507 e. The molecule has 2 bridgehead atoms. The summed E-state index contributed by atoms with van der Waals surface area (Å²) in [6.45, 7) is 0. The van der Waals surface area contributed by atoms with Crippen LogP contribution in [0.15, 0.2) is 101 Å². The van der Waals surface area contributed by atoms with Gasteiger partial charge in [0.1, 0.15) is 5.75 Å². The fourth-order valence-electron chi connectivity index (χ4n) is 6.86. The van der Waals surface area contributed by atoms with E-state index in [1.165, 1.54) is 17.0 Å². The van der Waals surface area contributed by atoms with E-state index < -0.39 is 23.2 Å². The lowest BCUT2D eigenvalue weighted by atomic mass is 9.47. The Labute approximate surface area is 248 Å². The van der Waals surface area contributed by atoms with Gasteiger partial charge >= 0.3 is 0 Å². The molecule has 1 saturated heterocycles. The summed E-state index contributed by atoms with van der Waals surface area (Å²) in [4.78, 5) is 42.8. The number of hydrogen-bond donors (Lipinski definition) is 2. The van der Waals surface area contributed by atoms with Crippen LogP contribution in [-0.4, -0.2) is 29.0 Å².